The predicted octanol–water partition coefficient (Wildman–Crippen LogP) is 5.30. The minimum atomic E-state index is -0.184. The van der Waals surface area contributed by atoms with E-state index in [9.17, 15) is 9.59 Å². The highest BCUT2D eigenvalue weighted by Gasteiger charge is 2.21. The first kappa shape index (κ1) is 30.8. The van der Waals surface area contributed by atoms with Crippen LogP contribution in [-0.4, -0.2) is 76.0 Å². The van der Waals surface area contributed by atoms with E-state index in [1.165, 1.54) is 0 Å². The maximum atomic E-state index is 13.1. The molecule has 0 saturated carbocycles. The topological polar surface area (TPSA) is 113 Å². The Hall–Kier alpha value is -4.67. The van der Waals surface area contributed by atoms with Crippen molar-refractivity contribution < 1.29 is 14.3 Å². The number of carbonyl (C=O) groups excluding carboxylic acids is 2. The Morgan fingerprint density at radius 1 is 0.955 bits per heavy atom. The van der Waals surface area contributed by atoms with E-state index in [0.717, 1.165) is 67.2 Å². The maximum absolute atomic E-state index is 13.1. The molecule has 1 aliphatic heterocycles. The number of aryl methyl sites for hydroxylation is 1. The van der Waals surface area contributed by atoms with Gasteiger partial charge in [-0.2, -0.15) is 0 Å². The van der Waals surface area contributed by atoms with E-state index in [4.69, 9.17) is 4.74 Å². The minimum Gasteiger partial charge on any atom is -0.381 e. The second kappa shape index (κ2) is 15.2. The summed E-state index contributed by atoms with van der Waals surface area (Å²) in [4.78, 5) is 42.9. The smallest absolute Gasteiger partial charge is 0.255 e. The highest BCUT2D eigenvalue weighted by molar-refractivity contribution is 6.04. The zero-order valence-corrected chi connectivity index (χ0v) is 25.3. The van der Waals surface area contributed by atoms with Crippen molar-refractivity contribution in [1.29, 1.82) is 0 Å². The number of hydrogen-bond donors (Lipinski definition) is 2. The number of pyridine rings is 1. The summed E-state index contributed by atoms with van der Waals surface area (Å²) in [6, 6.07) is 19.0. The molecule has 3 heterocycles. The number of benzene rings is 2. The van der Waals surface area contributed by atoms with Crippen LogP contribution in [-0.2, 0) is 16.1 Å². The van der Waals surface area contributed by atoms with Crippen LogP contribution in [0.5, 0.6) is 0 Å². The van der Waals surface area contributed by atoms with E-state index in [1.807, 2.05) is 72.5 Å². The van der Waals surface area contributed by atoms with Crippen molar-refractivity contribution in [3.05, 3.63) is 95.9 Å². The molecule has 2 aromatic heterocycles. The summed E-state index contributed by atoms with van der Waals surface area (Å²) < 4.78 is 5.46. The first-order valence-electron chi connectivity index (χ1n) is 15.1. The largest absolute Gasteiger partial charge is 0.381 e. The zero-order valence-electron chi connectivity index (χ0n) is 25.3. The Bertz CT molecular complexity index is 1540. The Morgan fingerprint density at radius 2 is 1.77 bits per heavy atom. The van der Waals surface area contributed by atoms with E-state index in [-0.39, 0.29) is 11.8 Å². The third kappa shape index (κ3) is 8.46. The van der Waals surface area contributed by atoms with Crippen LogP contribution in [0.1, 0.15) is 41.3 Å². The lowest BCUT2D eigenvalue weighted by molar-refractivity contribution is -0.134. The number of aromatic nitrogens is 3. The summed E-state index contributed by atoms with van der Waals surface area (Å²) in [5.41, 5.74) is 5.84. The standard InChI is InChI=1S/C34H39N7O3/c1-3-20-44-21-13-32(42)41-18-16-40(17-19-41)24-26-7-9-27(10-8-26)33(43)37-29-11-6-25(2)31(22-29)39-34-36-15-12-30(38-34)28-5-4-14-35-23-28/h4-12,14-15,22-23H,3,13,16-21,24H2,1-2H3,(H,37,43)(H,36,38,39). The molecule has 10 heteroatoms. The minimum absolute atomic E-state index is 0.163. The first-order chi connectivity index (χ1) is 21.5. The molecule has 2 aromatic carbocycles. The lowest BCUT2D eigenvalue weighted by Crippen LogP contribution is -2.48. The number of carbonyl (C=O) groups is 2. The zero-order chi connectivity index (χ0) is 30.7. The Balaban J connectivity index is 1.13. The number of rotatable bonds is 12. The van der Waals surface area contributed by atoms with Gasteiger partial charge in [0.1, 0.15) is 0 Å². The average Bonchev–Trinajstić information content (AvgIpc) is 3.06. The molecule has 0 radical (unpaired) electrons. The van der Waals surface area contributed by atoms with Gasteiger partial charge in [0, 0.05) is 80.4 Å². The van der Waals surface area contributed by atoms with Crippen LogP contribution in [0.15, 0.2) is 79.3 Å². The van der Waals surface area contributed by atoms with Gasteiger partial charge in [-0.15, -0.1) is 0 Å². The van der Waals surface area contributed by atoms with Crippen molar-refractivity contribution in [3.63, 3.8) is 0 Å². The van der Waals surface area contributed by atoms with Gasteiger partial charge in [0.15, 0.2) is 0 Å². The van der Waals surface area contributed by atoms with Crippen molar-refractivity contribution in [2.24, 2.45) is 0 Å². The molecule has 2 amide bonds. The second-order valence-corrected chi connectivity index (χ2v) is 10.8. The van der Waals surface area contributed by atoms with Crippen LogP contribution in [0.2, 0.25) is 0 Å². The monoisotopic (exact) mass is 593 g/mol. The van der Waals surface area contributed by atoms with Crippen molar-refractivity contribution in [2.45, 2.75) is 33.2 Å². The van der Waals surface area contributed by atoms with E-state index < -0.39 is 0 Å². The molecule has 1 saturated heterocycles. The molecule has 4 aromatic rings. The molecule has 0 aliphatic carbocycles. The summed E-state index contributed by atoms with van der Waals surface area (Å²) >= 11 is 0. The van der Waals surface area contributed by atoms with Crippen LogP contribution in [0.25, 0.3) is 11.3 Å². The molecule has 0 bridgehead atoms. The number of amides is 2. The molecule has 228 valence electrons. The predicted molar refractivity (Wildman–Crippen MR) is 172 cm³/mol. The number of nitrogens with one attached hydrogen (secondary N) is 2. The molecule has 0 spiro atoms. The molecule has 10 nitrogen and oxygen atoms in total. The van der Waals surface area contributed by atoms with Gasteiger partial charge in [0.25, 0.3) is 5.91 Å². The average molecular weight is 594 g/mol. The molecule has 44 heavy (non-hydrogen) atoms. The van der Waals surface area contributed by atoms with Crippen LogP contribution < -0.4 is 10.6 Å². The number of anilines is 3. The summed E-state index contributed by atoms with van der Waals surface area (Å²) in [6.45, 7) is 9.12. The van der Waals surface area contributed by atoms with Gasteiger partial charge in [-0.25, -0.2) is 9.97 Å². The highest BCUT2D eigenvalue weighted by atomic mass is 16.5. The second-order valence-electron chi connectivity index (χ2n) is 10.8. The number of hydrogen-bond acceptors (Lipinski definition) is 8. The van der Waals surface area contributed by atoms with Gasteiger partial charge in [-0.05, 0) is 66.9 Å². The van der Waals surface area contributed by atoms with E-state index in [2.05, 4.69) is 37.4 Å². The fourth-order valence-electron chi connectivity index (χ4n) is 4.99. The lowest BCUT2D eigenvalue weighted by Gasteiger charge is -2.34. The molecule has 1 aliphatic rings. The van der Waals surface area contributed by atoms with E-state index in [1.54, 1.807) is 18.6 Å². The Labute approximate surface area is 258 Å². The number of nitrogens with zero attached hydrogens (tertiary/aromatic N) is 5. The van der Waals surface area contributed by atoms with Gasteiger partial charge in [-0.1, -0.05) is 25.1 Å². The number of ether oxygens (including phenoxy) is 1. The molecule has 2 N–H and O–H groups in total. The Kier molecular flexibility index (Phi) is 10.6. The Morgan fingerprint density at radius 3 is 2.52 bits per heavy atom. The van der Waals surface area contributed by atoms with Gasteiger partial charge < -0.3 is 20.3 Å². The number of piperazine rings is 1. The van der Waals surface area contributed by atoms with Crippen LogP contribution in [0.3, 0.4) is 0 Å². The first-order valence-corrected chi connectivity index (χ1v) is 15.1. The van der Waals surface area contributed by atoms with Gasteiger partial charge in [0.05, 0.1) is 18.7 Å². The van der Waals surface area contributed by atoms with Crippen LogP contribution >= 0.6 is 0 Å². The highest BCUT2D eigenvalue weighted by Crippen LogP contribution is 2.25. The fourth-order valence-corrected chi connectivity index (χ4v) is 4.99. The normalized spacial score (nSPS) is 13.5. The maximum Gasteiger partial charge on any atom is 0.255 e. The fraction of sp³-hybridized carbons (Fsp3) is 0.324. The van der Waals surface area contributed by atoms with Crippen LogP contribution in [0, 0.1) is 6.92 Å². The molecular formula is C34H39N7O3. The molecule has 5 rings (SSSR count). The van der Waals surface area contributed by atoms with Crippen molar-refractivity contribution in [2.75, 3.05) is 50.0 Å². The van der Waals surface area contributed by atoms with Gasteiger partial charge in [-0.3, -0.25) is 19.5 Å². The quantitative estimate of drug-likeness (QED) is 0.213. The SMILES string of the molecule is CCCOCCC(=O)N1CCN(Cc2ccc(C(=O)Nc3ccc(C)c(Nc4nccc(-c5cccnc5)n4)c3)cc2)CC1. The molecule has 1 fully saturated rings. The van der Waals surface area contributed by atoms with Crippen LogP contribution in [0.4, 0.5) is 17.3 Å². The molecular weight excluding hydrogens is 554 g/mol. The summed E-state index contributed by atoms with van der Waals surface area (Å²) in [5, 5.41) is 6.28. The lowest BCUT2D eigenvalue weighted by atomic mass is 10.1. The van der Waals surface area contributed by atoms with E-state index >= 15 is 0 Å². The molecule has 0 unspecified atom stereocenters. The third-order valence-corrected chi connectivity index (χ3v) is 7.51. The van der Waals surface area contributed by atoms with Gasteiger partial charge in [0.2, 0.25) is 11.9 Å². The van der Waals surface area contributed by atoms with E-state index in [0.29, 0.717) is 36.8 Å². The molecule has 0 atom stereocenters. The summed E-state index contributed by atoms with van der Waals surface area (Å²) in [6.07, 6.45) is 6.60. The van der Waals surface area contributed by atoms with Gasteiger partial charge >= 0.3 is 0 Å². The van der Waals surface area contributed by atoms with Crippen molar-refractivity contribution in [1.82, 2.24) is 24.8 Å². The summed E-state index contributed by atoms with van der Waals surface area (Å²) in [7, 11) is 0. The van der Waals surface area contributed by atoms with Crippen molar-refractivity contribution in [3.8, 4) is 11.3 Å². The summed E-state index contributed by atoms with van der Waals surface area (Å²) in [5.74, 6) is 0.436. The third-order valence-electron chi connectivity index (χ3n) is 7.51. The van der Waals surface area contributed by atoms with Crippen molar-refractivity contribution >= 4 is 29.1 Å².